The molecule has 0 aliphatic carbocycles. The highest BCUT2D eigenvalue weighted by Gasteiger charge is 2.19. The Morgan fingerprint density at radius 3 is 2.33 bits per heavy atom. The van der Waals surface area contributed by atoms with Crippen LogP contribution in [0.5, 0.6) is 0 Å². The third-order valence-electron chi connectivity index (χ3n) is 2.62. The number of anilines is 1. The third kappa shape index (κ3) is 5.02. The van der Waals surface area contributed by atoms with Crippen molar-refractivity contribution in [3.05, 3.63) is 23.8 Å². The highest BCUT2D eigenvalue weighted by molar-refractivity contribution is 7.89. The highest BCUT2D eigenvalue weighted by atomic mass is 32.2. The number of nitrogens with one attached hydrogen (secondary N) is 2. The zero-order chi connectivity index (χ0) is 16.2. The number of hydrogen-bond donors (Lipinski definition) is 3. The van der Waals surface area contributed by atoms with E-state index < -0.39 is 16.0 Å². The molecule has 6 nitrogen and oxygen atoms in total. The van der Waals surface area contributed by atoms with Gasteiger partial charge in [0.15, 0.2) is 0 Å². The lowest BCUT2D eigenvalue weighted by Crippen LogP contribution is -2.30. The van der Waals surface area contributed by atoms with Gasteiger partial charge in [-0.3, -0.25) is 0 Å². The van der Waals surface area contributed by atoms with Crippen molar-refractivity contribution in [2.75, 3.05) is 11.9 Å². The monoisotopic (exact) mass is 314 g/mol. The summed E-state index contributed by atoms with van der Waals surface area (Å²) in [7, 11) is -3.70. The van der Waals surface area contributed by atoms with Crippen molar-refractivity contribution < 1.29 is 18.3 Å². The molecule has 0 aromatic heterocycles. The van der Waals surface area contributed by atoms with Crippen LogP contribution in [0.2, 0.25) is 0 Å². The maximum absolute atomic E-state index is 12.1. The zero-order valence-corrected chi connectivity index (χ0v) is 13.5. The quantitative estimate of drug-likeness (QED) is 0.716. The number of sulfonamides is 1. The predicted molar refractivity (Wildman–Crippen MR) is 82.2 cm³/mol. The lowest BCUT2D eigenvalue weighted by molar-refractivity contribution is 0.0697. The number of rotatable bonds is 7. The van der Waals surface area contributed by atoms with Gasteiger partial charge in [-0.15, -0.1) is 0 Å². The van der Waals surface area contributed by atoms with Crippen LogP contribution in [0.3, 0.4) is 0 Å². The van der Waals surface area contributed by atoms with Crippen LogP contribution in [0.4, 0.5) is 5.69 Å². The summed E-state index contributed by atoms with van der Waals surface area (Å²) in [6, 6.07) is 3.80. The minimum atomic E-state index is -3.70. The van der Waals surface area contributed by atoms with E-state index in [2.05, 4.69) is 10.0 Å². The second-order valence-corrected chi connectivity index (χ2v) is 7.28. The molecule has 0 atom stereocenters. The number of hydrogen-bond acceptors (Lipinski definition) is 4. The first-order chi connectivity index (χ1) is 9.63. The Kier molecular flexibility index (Phi) is 5.74. The van der Waals surface area contributed by atoms with Crippen LogP contribution in [-0.4, -0.2) is 32.1 Å². The second kappa shape index (κ2) is 6.91. The molecule has 0 aliphatic rings. The minimum absolute atomic E-state index is 0.0521. The predicted octanol–water partition coefficient (Wildman–Crippen LogP) is 2.14. The Bertz CT molecular complexity index is 609. The molecule has 0 aliphatic heterocycles. The first kappa shape index (κ1) is 17.5. The summed E-state index contributed by atoms with van der Waals surface area (Å²) in [4.78, 5) is 11.3. The zero-order valence-electron chi connectivity index (χ0n) is 12.7. The van der Waals surface area contributed by atoms with E-state index >= 15 is 0 Å². The topological polar surface area (TPSA) is 95.5 Å². The number of carbonyl (C=O) groups is 1. The van der Waals surface area contributed by atoms with E-state index in [9.17, 15) is 18.3 Å². The second-order valence-electron chi connectivity index (χ2n) is 5.56. The average molecular weight is 314 g/mol. The van der Waals surface area contributed by atoms with Crippen LogP contribution >= 0.6 is 0 Å². The smallest absolute Gasteiger partial charge is 0.337 e. The Morgan fingerprint density at radius 2 is 1.86 bits per heavy atom. The van der Waals surface area contributed by atoms with Crippen LogP contribution in [0.1, 0.15) is 38.1 Å². The van der Waals surface area contributed by atoms with E-state index in [1.54, 1.807) is 13.8 Å². The molecule has 0 saturated heterocycles. The molecule has 0 amide bonds. The van der Waals surface area contributed by atoms with Gasteiger partial charge >= 0.3 is 5.97 Å². The van der Waals surface area contributed by atoms with Crippen LogP contribution in [0.25, 0.3) is 0 Å². The molecule has 1 aromatic rings. The molecule has 0 spiro atoms. The van der Waals surface area contributed by atoms with E-state index in [1.807, 2.05) is 13.8 Å². The van der Waals surface area contributed by atoms with Gasteiger partial charge < -0.3 is 10.4 Å². The van der Waals surface area contributed by atoms with E-state index in [4.69, 9.17) is 0 Å². The fourth-order valence-corrected chi connectivity index (χ4v) is 2.99. The minimum Gasteiger partial charge on any atom is -0.478 e. The summed E-state index contributed by atoms with van der Waals surface area (Å²) < 4.78 is 26.6. The number of aromatic carboxylic acids is 1. The van der Waals surface area contributed by atoms with Crippen molar-refractivity contribution in [2.45, 2.75) is 38.6 Å². The van der Waals surface area contributed by atoms with Gasteiger partial charge in [-0.2, -0.15) is 0 Å². The number of benzene rings is 1. The summed E-state index contributed by atoms with van der Waals surface area (Å²) >= 11 is 0. The molecule has 0 fully saturated rings. The molecular formula is C14H22N2O4S. The first-order valence-corrected chi connectivity index (χ1v) is 8.25. The van der Waals surface area contributed by atoms with Crippen molar-refractivity contribution in [3.8, 4) is 0 Å². The summed E-state index contributed by atoms with van der Waals surface area (Å²) in [5.74, 6) is -0.819. The molecular weight excluding hydrogens is 292 g/mol. The highest BCUT2D eigenvalue weighted by Crippen LogP contribution is 2.21. The van der Waals surface area contributed by atoms with Gasteiger partial charge in [0.05, 0.1) is 10.5 Å². The lowest BCUT2D eigenvalue weighted by Gasteiger charge is -2.14. The van der Waals surface area contributed by atoms with Crippen LogP contribution < -0.4 is 10.0 Å². The van der Waals surface area contributed by atoms with E-state index in [0.29, 0.717) is 18.2 Å². The molecule has 0 heterocycles. The van der Waals surface area contributed by atoms with Gasteiger partial charge in [-0.1, -0.05) is 13.8 Å². The average Bonchev–Trinajstić information content (AvgIpc) is 2.34. The van der Waals surface area contributed by atoms with Crippen molar-refractivity contribution in [1.82, 2.24) is 4.72 Å². The van der Waals surface area contributed by atoms with Gasteiger partial charge in [-0.25, -0.2) is 17.9 Å². The van der Waals surface area contributed by atoms with Crippen LogP contribution in [0.15, 0.2) is 23.1 Å². The number of carboxylic acids is 1. The molecule has 1 rings (SSSR count). The Hall–Kier alpha value is -1.60. The maximum atomic E-state index is 12.1. The largest absolute Gasteiger partial charge is 0.478 e. The Labute approximate surface area is 125 Å². The molecule has 7 heteroatoms. The summed E-state index contributed by atoms with van der Waals surface area (Å²) in [6.45, 7) is 8.01. The van der Waals surface area contributed by atoms with Crippen LogP contribution in [-0.2, 0) is 10.0 Å². The van der Waals surface area contributed by atoms with E-state index in [-0.39, 0.29) is 16.5 Å². The Morgan fingerprint density at radius 1 is 1.24 bits per heavy atom. The maximum Gasteiger partial charge on any atom is 0.337 e. The first-order valence-electron chi connectivity index (χ1n) is 6.77. The molecule has 0 radical (unpaired) electrons. The SMILES string of the molecule is CC(C)CNc1ccc(S(=O)(=O)NC(C)C)cc1C(=O)O. The molecule has 1 aromatic carbocycles. The van der Waals surface area contributed by atoms with Gasteiger partial charge in [0.25, 0.3) is 0 Å². The van der Waals surface area contributed by atoms with Crippen molar-refractivity contribution in [2.24, 2.45) is 5.92 Å². The van der Waals surface area contributed by atoms with Crippen molar-refractivity contribution in [1.29, 1.82) is 0 Å². The van der Waals surface area contributed by atoms with Crippen LogP contribution in [0, 0.1) is 5.92 Å². The summed E-state index contributed by atoms with van der Waals surface area (Å²) in [5, 5.41) is 12.3. The molecule has 0 bridgehead atoms. The third-order valence-corrected chi connectivity index (χ3v) is 4.28. The molecule has 0 saturated carbocycles. The molecule has 118 valence electrons. The normalized spacial score (nSPS) is 11.9. The van der Waals surface area contributed by atoms with Gasteiger partial charge in [-0.05, 0) is 38.0 Å². The van der Waals surface area contributed by atoms with Gasteiger partial charge in [0.2, 0.25) is 10.0 Å². The molecule has 3 N–H and O–H groups in total. The fraction of sp³-hybridized carbons (Fsp3) is 0.500. The molecule has 0 unspecified atom stereocenters. The summed E-state index contributed by atoms with van der Waals surface area (Å²) in [5.41, 5.74) is 0.363. The standard InChI is InChI=1S/C14H22N2O4S/c1-9(2)8-15-13-6-5-11(7-12(13)14(17)18)21(19,20)16-10(3)4/h5-7,9-10,15-16H,8H2,1-4H3,(H,17,18). The van der Waals surface area contributed by atoms with Crippen molar-refractivity contribution >= 4 is 21.7 Å². The molecule has 21 heavy (non-hydrogen) atoms. The Balaban J connectivity index is 3.17. The fourth-order valence-electron chi connectivity index (χ4n) is 1.71. The van der Waals surface area contributed by atoms with Crippen molar-refractivity contribution in [3.63, 3.8) is 0 Å². The lowest BCUT2D eigenvalue weighted by atomic mass is 10.1. The number of carboxylic acid groups (broad SMARTS) is 1. The van der Waals surface area contributed by atoms with Gasteiger partial charge in [0.1, 0.15) is 0 Å². The summed E-state index contributed by atoms with van der Waals surface area (Å²) in [6.07, 6.45) is 0. The van der Waals surface area contributed by atoms with Gasteiger partial charge in [0, 0.05) is 18.3 Å². The van der Waals surface area contributed by atoms with E-state index in [0.717, 1.165) is 0 Å². The van der Waals surface area contributed by atoms with E-state index in [1.165, 1.54) is 18.2 Å².